The molecule has 0 aliphatic heterocycles. The molecule has 1 heterocycles. The summed E-state index contributed by atoms with van der Waals surface area (Å²) in [6.45, 7) is 0.413. The van der Waals surface area contributed by atoms with Crippen LogP contribution in [0.15, 0.2) is 42.7 Å². The molecule has 0 radical (unpaired) electrons. The Morgan fingerprint density at radius 3 is 2.78 bits per heavy atom. The van der Waals surface area contributed by atoms with Gasteiger partial charge in [0, 0.05) is 30.3 Å². The fourth-order valence-corrected chi connectivity index (χ4v) is 1.57. The number of nitrogens with two attached hydrogens (primary N) is 2. The van der Waals surface area contributed by atoms with Gasteiger partial charge in [0.25, 0.3) is 5.91 Å². The van der Waals surface area contributed by atoms with E-state index in [4.69, 9.17) is 11.5 Å². The third-order valence-electron chi connectivity index (χ3n) is 2.50. The highest BCUT2D eigenvalue weighted by Crippen LogP contribution is 2.15. The largest absolute Gasteiger partial charge is 0.399 e. The molecule has 0 aliphatic rings. The third kappa shape index (κ3) is 2.76. The van der Waals surface area contributed by atoms with Crippen molar-refractivity contribution in [3.8, 4) is 0 Å². The van der Waals surface area contributed by atoms with Gasteiger partial charge in [0.05, 0.1) is 5.56 Å². The SMILES string of the molecule is Nc1ccc(C(=O)NCc2cccnc2)c(N)c1. The molecule has 92 valence electrons. The zero-order valence-electron chi connectivity index (χ0n) is 9.76. The van der Waals surface area contributed by atoms with Crippen LogP contribution in [-0.4, -0.2) is 10.9 Å². The van der Waals surface area contributed by atoms with Crippen LogP contribution in [0, 0.1) is 0 Å². The average molecular weight is 242 g/mol. The molecule has 1 amide bonds. The Labute approximate surface area is 105 Å². The molecule has 5 heteroatoms. The molecule has 5 nitrogen and oxygen atoms in total. The number of nitrogen functional groups attached to an aromatic ring is 2. The van der Waals surface area contributed by atoms with E-state index in [0.29, 0.717) is 23.5 Å². The third-order valence-corrected chi connectivity index (χ3v) is 2.50. The molecule has 0 unspecified atom stereocenters. The normalized spacial score (nSPS) is 10.0. The first kappa shape index (κ1) is 11.9. The molecular weight excluding hydrogens is 228 g/mol. The smallest absolute Gasteiger partial charge is 0.253 e. The number of rotatable bonds is 3. The van der Waals surface area contributed by atoms with Crippen molar-refractivity contribution >= 4 is 17.3 Å². The quantitative estimate of drug-likeness (QED) is 0.704. The summed E-state index contributed by atoms with van der Waals surface area (Å²) < 4.78 is 0. The maximum atomic E-state index is 11.9. The van der Waals surface area contributed by atoms with Gasteiger partial charge in [0.2, 0.25) is 0 Å². The minimum absolute atomic E-state index is 0.226. The van der Waals surface area contributed by atoms with Crippen molar-refractivity contribution in [1.29, 1.82) is 0 Å². The Kier molecular flexibility index (Phi) is 3.43. The lowest BCUT2D eigenvalue weighted by Gasteiger charge is -2.08. The highest BCUT2D eigenvalue weighted by molar-refractivity contribution is 5.99. The predicted octanol–water partition coefficient (Wildman–Crippen LogP) is 1.18. The number of nitrogens with one attached hydrogen (secondary N) is 1. The molecule has 0 saturated carbocycles. The van der Waals surface area contributed by atoms with Crippen LogP contribution in [0.5, 0.6) is 0 Å². The first-order valence-electron chi connectivity index (χ1n) is 5.49. The Morgan fingerprint density at radius 2 is 2.11 bits per heavy atom. The fourth-order valence-electron chi connectivity index (χ4n) is 1.57. The first-order valence-corrected chi connectivity index (χ1v) is 5.49. The highest BCUT2D eigenvalue weighted by Gasteiger charge is 2.09. The van der Waals surface area contributed by atoms with E-state index in [1.807, 2.05) is 12.1 Å². The standard InChI is InChI=1S/C13H14N4O/c14-10-3-4-11(12(15)6-10)13(18)17-8-9-2-1-5-16-7-9/h1-7H,8,14-15H2,(H,17,18). The summed E-state index contributed by atoms with van der Waals surface area (Å²) in [6, 6.07) is 8.54. The van der Waals surface area contributed by atoms with Gasteiger partial charge in [-0.15, -0.1) is 0 Å². The van der Waals surface area contributed by atoms with E-state index in [1.165, 1.54) is 0 Å². The second-order valence-corrected chi connectivity index (χ2v) is 3.89. The summed E-state index contributed by atoms with van der Waals surface area (Å²) in [7, 11) is 0. The minimum atomic E-state index is -0.226. The number of hydrogen-bond donors (Lipinski definition) is 3. The molecule has 0 atom stereocenters. The second-order valence-electron chi connectivity index (χ2n) is 3.89. The second kappa shape index (κ2) is 5.18. The molecule has 0 spiro atoms. The monoisotopic (exact) mass is 242 g/mol. The average Bonchev–Trinajstić information content (AvgIpc) is 2.37. The summed E-state index contributed by atoms with van der Waals surface area (Å²) in [5, 5.41) is 2.78. The number of hydrogen-bond acceptors (Lipinski definition) is 4. The Hall–Kier alpha value is -2.56. The van der Waals surface area contributed by atoms with E-state index in [0.717, 1.165) is 5.56 Å². The topological polar surface area (TPSA) is 94.0 Å². The summed E-state index contributed by atoms with van der Waals surface area (Å²) in [6.07, 6.45) is 3.38. The Morgan fingerprint density at radius 1 is 1.28 bits per heavy atom. The van der Waals surface area contributed by atoms with Gasteiger partial charge in [-0.1, -0.05) is 6.07 Å². The Bertz CT molecular complexity index is 554. The first-order chi connectivity index (χ1) is 8.66. The number of nitrogens with zero attached hydrogens (tertiary/aromatic N) is 1. The molecule has 2 aromatic rings. The summed E-state index contributed by atoms with van der Waals surface area (Å²) in [4.78, 5) is 15.9. The number of carbonyl (C=O) groups is 1. The molecular formula is C13H14N4O. The molecule has 0 aliphatic carbocycles. The van der Waals surface area contributed by atoms with E-state index in [9.17, 15) is 4.79 Å². The number of benzene rings is 1. The highest BCUT2D eigenvalue weighted by atomic mass is 16.1. The number of aromatic nitrogens is 1. The lowest BCUT2D eigenvalue weighted by Crippen LogP contribution is -2.23. The number of anilines is 2. The van der Waals surface area contributed by atoms with E-state index in [1.54, 1.807) is 30.6 Å². The van der Waals surface area contributed by atoms with Crippen molar-refractivity contribution < 1.29 is 4.79 Å². The van der Waals surface area contributed by atoms with Gasteiger partial charge in [-0.2, -0.15) is 0 Å². The van der Waals surface area contributed by atoms with Crippen molar-refractivity contribution in [2.45, 2.75) is 6.54 Å². The van der Waals surface area contributed by atoms with E-state index in [2.05, 4.69) is 10.3 Å². The number of amides is 1. The molecule has 1 aromatic carbocycles. The van der Waals surface area contributed by atoms with Crippen LogP contribution in [0.25, 0.3) is 0 Å². The zero-order valence-corrected chi connectivity index (χ0v) is 9.76. The van der Waals surface area contributed by atoms with Crippen molar-refractivity contribution in [2.75, 3.05) is 11.5 Å². The molecule has 0 saturated heterocycles. The van der Waals surface area contributed by atoms with Gasteiger partial charge in [-0.05, 0) is 29.8 Å². The maximum Gasteiger partial charge on any atom is 0.253 e. The van der Waals surface area contributed by atoms with Crippen LogP contribution >= 0.6 is 0 Å². The number of carbonyl (C=O) groups excluding carboxylic acids is 1. The van der Waals surface area contributed by atoms with Crippen LogP contribution in [0.1, 0.15) is 15.9 Å². The lowest BCUT2D eigenvalue weighted by atomic mass is 10.1. The van der Waals surface area contributed by atoms with Crippen molar-refractivity contribution in [2.24, 2.45) is 0 Å². The molecule has 18 heavy (non-hydrogen) atoms. The van der Waals surface area contributed by atoms with Crippen LogP contribution in [-0.2, 0) is 6.54 Å². The minimum Gasteiger partial charge on any atom is -0.399 e. The molecule has 0 fully saturated rings. The van der Waals surface area contributed by atoms with Crippen molar-refractivity contribution in [1.82, 2.24) is 10.3 Å². The summed E-state index contributed by atoms with van der Waals surface area (Å²) in [5.41, 5.74) is 13.6. The van der Waals surface area contributed by atoms with Gasteiger partial charge in [0.1, 0.15) is 0 Å². The van der Waals surface area contributed by atoms with Crippen LogP contribution < -0.4 is 16.8 Å². The van der Waals surface area contributed by atoms with E-state index < -0.39 is 0 Å². The number of pyridine rings is 1. The van der Waals surface area contributed by atoms with Crippen LogP contribution in [0.4, 0.5) is 11.4 Å². The predicted molar refractivity (Wildman–Crippen MR) is 70.7 cm³/mol. The molecule has 5 N–H and O–H groups in total. The molecule has 2 rings (SSSR count). The van der Waals surface area contributed by atoms with Crippen LogP contribution in [0.3, 0.4) is 0 Å². The fraction of sp³-hybridized carbons (Fsp3) is 0.0769. The lowest BCUT2D eigenvalue weighted by molar-refractivity contribution is 0.0952. The van der Waals surface area contributed by atoms with E-state index >= 15 is 0 Å². The van der Waals surface area contributed by atoms with Crippen molar-refractivity contribution in [3.05, 3.63) is 53.9 Å². The summed E-state index contributed by atoms with van der Waals surface area (Å²) >= 11 is 0. The maximum absolute atomic E-state index is 11.9. The van der Waals surface area contributed by atoms with Gasteiger partial charge < -0.3 is 16.8 Å². The van der Waals surface area contributed by atoms with E-state index in [-0.39, 0.29) is 5.91 Å². The van der Waals surface area contributed by atoms with Gasteiger partial charge in [0.15, 0.2) is 0 Å². The van der Waals surface area contributed by atoms with Gasteiger partial charge in [-0.3, -0.25) is 9.78 Å². The summed E-state index contributed by atoms with van der Waals surface area (Å²) in [5.74, 6) is -0.226. The Balaban J connectivity index is 2.04. The van der Waals surface area contributed by atoms with Gasteiger partial charge in [-0.25, -0.2) is 0 Å². The zero-order chi connectivity index (χ0) is 13.0. The van der Waals surface area contributed by atoms with Gasteiger partial charge >= 0.3 is 0 Å². The molecule has 0 bridgehead atoms. The molecule has 1 aromatic heterocycles. The van der Waals surface area contributed by atoms with Crippen molar-refractivity contribution in [3.63, 3.8) is 0 Å². The van der Waals surface area contributed by atoms with Crippen LogP contribution in [0.2, 0.25) is 0 Å².